The molecule has 21 heavy (non-hydrogen) atoms. The predicted molar refractivity (Wildman–Crippen MR) is 57.0 cm³/mol. The van der Waals surface area contributed by atoms with Gasteiger partial charge in [-0.05, 0) is 6.42 Å². The van der Waals surface area contributed by atoms with Gasteiger partial charge in [-0.15, -0.1) is 0 Å². The van der Waals surface area contributed by atoms with Crippen LogP contribution >= 0.6 is 15.2 Å². The van der Waals surface area contributed by atoms with E-state index in [0.717, 1.165) is 25.7 Å². The van der Waals surface area contributed by atoms with Crippen LogP contribution in [0.2, 0.25) is 0 Å². The van der Waals surface area contributed by atoms with E-state index in [2.05, 4.69) is 0 Å². The van der Waals surface area contributed by atoms with Crippen molar-refractivity contribution in [3.63, 3.8) is 0 Å². The predicted octanol–water partition coefficient (Wildman–Crippen LogP) is -12.1. The molecule has 0 aliphatic heterocycles. The van der Waals surface area contributed by atoms with E-state index in [0.29, 0.717) is 6.42 Å². The summed E-state index contributed by atoms with van der Waals surface area (Å²) in [7, 11) is -10.7. The summed E-state index contributed by atoms with van der Waals surface area (Å²) in [5, 5.41) is -2.28. The Labute approximate surface area is 215 Å². The Morgan fingerprint density at radius 3 is 1.38 bits per heavy atom. The van der Waals surface area contributed by atoms with Gasteiger partial charge < -0.3 is 28.7 Å². The van der Waals surface area contributed by atoms with Crippen molar-refractivity contribution in [1.29, 1.82) is 0 Å². The van der Waals surface area contributed by atoms with Crippen LogP contribution in [0.15, 0.2) is 0 Å². The minimum absolute atomic E-state index is 0. The van der Waals surface area contributed by atoms with E-state index in [-0.39, 0.29) is 131 Å². The van der Waals surface area contributed by atoms with E-state index < -0.39 is 20.6 Å². The van der Waals surface area contributed by atoms with Crippen molar-refractivity contribution >= 4 is 15.2 Å². The molecule has 0 aromatic carbocycles. The largest absolute Gasteiger partial charge is 1.00 e. The number of rotatable bonds is 9. The van der Waals surface area contributed by atoms with Crippen LogP contribution in [-0.2, 0) is 9.13 Å². The molecular formula is C9H18Na4O6P2. The first-order valence-electron chi connectivity index (χ1n) is 5.73. The minimum Gasteiger partial charge on any atom is -0.810 e. The third-order valence-corrected chi connectivity index (χ3v) is 6.22. The fourth-order valence-electron chi connectivity index (χ4n) is 1.60. The summed E-state index contributed by atoms with van der Waals surface area (Å²) in [6, 6.07) is 0. The van der Waals surface area contributed by atoms with Gasteiger partial charge >= 0.3 is 118 Å². The molecule has 0 aliphatic rings. The zero-order valence-electron chi connectivity index (χ0n) is 13.9. The van der Waals surface area contributed by atoms with Gasteiger partial charge in [0.1, 0.15) is 0 Å². The van der Waals surface area contributed by atoms with Crippen molar-refractivity contribution in [1.82, 2.24) is 0 Å². The van der Waals surface area contributed by atoms with E-state index in [1.165, 1.54) is 0 Å². The van der Waals surface area contributed by atoms with Gasteiger partial charge in [0, 0.05) is 5.40 Å². The maximum atomic E-state index is 10.6. The minimum atomic E-state index is -5.35. The average Bonchev–Trinajstić information content (AvgIpc) is 2.12. The van der Waals surface area contributed by atoms with Gasteiger partial charge in [-0.3, -0.25) is 0 Å². The monoisotopic (exact) mass is 376 g/mol. The molecule has 104 valence electrons. The van der Waals surface area contributed by atoms with Crippen LogP contribution < -0.4 is 138 Å². The van der Waals surface area contributed by atoms with Crippen molar-refractivity contribution in [2.24, 2.45) is 0 Å². The molecule has 12 heteroatoms. The molecule has 0 N–H and O–H groups in total. The number of unbranched alkanes of at least 4 members (excludes halogenated alkanes) is 5. The Hall–Kier alpha value is 4.30. The molecule has 6 nitrogen and oxygen atoms in total. The topological polar surface area (TPSA) is 126 Å². The second-order valence-corrected chi connectivity index (χ2v) is 7.93. The SMILES string of the molecule is CCCCCCCCC(P(=O)([O-])[O-])P(=O)([O-])[O-].[Na+].[Na+].[Na+].[Na+]. The van der Waals surface area contributed by atoms with Crippen LogP contribution in [0, 0.1) is 0 Å². The summed E-state index contributed by atoms with van der Waals surface area (Å²) >= 11 is 0. The Morgan fingerprint density at radius 1 is 0.714 bits per heavy atom. The zero-order valence-corrected chi connectivity index (χ0v) is 23.7. The fourth-order valence-corrected chi connectivity index (χ4v) is 3.98. The second kappa shape index (κ2) is 19.1. The second-order valence-electron chi connectivity index (χ2n) is 4.12. The molecule has 0 saturated heterocycles. The van der Waals surface area contributed by atoms with Gasteiger partial charge in [0.05, 0.1) is 0 Å². The summed E-state index contributed by atoms with van der Waals surface area (Å²) in [4.78, 5) is 42.6. The van der Waals surface area contributed by atoms with Gasteiger partial charge in [-0.25, -0.2) is 0 Å². The van der Waals surface area contributed by atoms with Gasteiger partial charge in [0.25, 0.3) is 0 Å². The van der Waals surface area contributed by atoms with Crippen LogP contribution in [0.25, 0.3) is 0 Å². The molecule has 0 bridgehead atoms. The smallest absolute Gasteiger partial charge is 0.810 e. The summed E-state index contributed by atoms with van der Waals surface area (Å²) in [5.74, 6) is 0. The molecule has 0 heterocycles. The van der Waals surface area contributed by atoms with Crippen molar-refractivity contribution in [3.8, 4) is 0 Å². The molecule has 0 aromatic rings. The Kier molecular flexibility index (Phi) is 32.9. The van der Waals surface area contributed by atoms with Gasteiger partial charge in [0.15, 0.2) is 0 Å². The number of hydrogen-bond acceptors (Lipinski definition) is 6. The molecule has 0 spiro atoms. The molecule has 0 aliphatic carbocycles. The maximum Gasteiger partial charge on any atom is 1.00 e. The third-order valence-electron chi connectivity index (χ3n) is 2.55. The van der Waals surface area contributed by atoms with Crippen molar-refractivity contribution in [3.05, 3.63) is 0 Å². The fraction of sp³-hybridized carbons (Fsp3) is 1.00. The van der Waals surface area contributed by atoms with E-state index in [1.807, 2.05) is 6.92 Å². The van der Waals surface area contributed by atoms with Crippen LogP contribution in [0.1, 0.15) is 51.9 Å². The number of hydrogen-bond donors (Lipinski definition) is 0. The van der Waals surface area contributed by atoms with Gasteiger partial charge in [0.2, 0.25) is 0 Å². The van der Waals surface area contributed by atoms with E-state index in [9.17, 15) is 28.7 Å². The van der Waals surface area contributed by atoms with Crippen molar-refractivity contribution < 1.29 is 147 Å². The zero-order chi connectivity index (χ0) is 13.5. The summed E-state index contributed by atoms with van der Waals surface area (Å²) in [5.41, 5.74) is 0. The van der Waals surface area contributed by atoms with E-state index in [4.69, 9.17) is 0 Å². The van der Waals surface area contributed by atoms with E-state index >= 15 is 0 Å². The molecule has 0 fully saturated rings. The average molecular weight is 376 g/mol. The Morgan fingerprint density at radius 2 is 1.05 bits per heavy atom. The molecule has 0 aromatic heterocycles. The first-order valence-corrected chi connectivity index (χ1v) is 8.95. The third kappa shape index (κ3) is 20.5. The first-order chi connectivity index (χ1) is 7.69. The molecular weight excluding hydrogens is 358 g/mol. The van der Waals surface area contributed by atoms with Gasteiger partial charge in [-0.2, -0.15) is 0 Å². The molecule has 0 unspecified atom stereocenters. The maximum absolute atomic E-state index is 10.6. The van der Waals surface area contributed by atoms with Crippen LogP contribution in [0.4, 0.5) is 0 Å². The molecule has 0 amide bonds. The molecule has 0 saturated carbocycles. The summed E-state index contributed by atoms with van der Waals surface area (Å²) in [6.07, 6.45) is 4.50. The normalized spacial score (nSPS) is 10.8. The van der Waals surface area contributed by atoms with Crippen LogP contribution in [-0.4, -0.2) is 5.40 Å². The first kappa shape index (κ1) is 36.3. The summed E-state index contributed by atoms with van der Waals surface area (Å²) < 4.78 is 21.3. The molecule has 0 rings (SSSR count). The molecule has 0 atom stereocenters. The molecule has 0 radical (unpaired) electrons. The Bertz CT molecular complexity index is 287. The van der Waals surface area contributed by atoms with Gasteiger partial charge in [-0.1, -0.05) is 60.6 Å². The quantitative estimate of drug-likeness (QED) is 0.223. The van der Waals surface area contributed by atoms with Crippen LogP contribution in [0.3, 0.4) is 0 Å². The van der Waals surface area contributed by atoms with E-state index in [1.54, 1.807) is 0 Å². The summed E-state index contributed by atoms with van der Waals surface area (Å²) in [6.45, 7) is 2.05. The standard InChI is InChI=1S/C9H22O6P2.4Na/c1-2-3-4-5-6-7-8-9(16(10,11)12)17(13,14)15;;;;/h9H,2-8H2,1H3,(H2,10,11,12)(H2,13,14,15);;;;/q;4*+1/p-4. The Balaban J connectivity index is -0.000000213. The van der Waals surface area contributed by atoms with Crippen LogP contribution in [0.5, 0.6) is 0 Å². The van der Waals surface area contributed by atoms with Crippen molar-refractivity contribution in [2.75, 3.05) is 0 Å². The van der Waals surface area contributed by atoms with Crippen molar-refractivity contribution in [2.45, 2.75) is 57.3 Å².